The maximum absolute atomic E-state index is 4.08. The number of hydrogen-bond acceptors (Lipinski definition) is 2. The molecule has 20 heavy (non-hydrogen) atoms. The summed E-state index contributed by atoms with van der Waals surface area (Å²) in [6.45, 7) is 1.44. The highest BCUT2D eigenvalue weighted by Crippen LogP contribution is 2.02. The van der Waals surface area contributed by atoms with Gasteiger partial charge in [0.1, 0.15) is 23.3 Å². The first-order valence-electron chi connectivity index (χ1n) is 7.06. The molecule has 0 aliphatic carbocycles. The largest absolute Gasteiger partial charge is 0.216 e. The van der Waals surface area contributed by atoms with Gasteiger partial charge in [-0.1, -0.05) is 60.7 Å². The van der Waals surface area contributed by atoms with Crippen LogP contribution in [0.5, 0.6) is 0 Å². The minimum atomic E-state index is 0.701. The Labute approximate surface area is 120 Å². The maximum atomic E-state index is 4.08. The zero-order chi connectivity index (χ0) is 13.9. The Morgan fingerprint density at radius 2 is 1.20 bits per heavy atom. The van der Waals surface area contributed by atoms with Gasteiger partial charge in [-0.2, -0.15) is 0 Å². The number of rotatable bonds is 7. The summed E-state index contributed by atoms with van der Waals surface area (Å²) >= 11 is 0. The van der Waals surface area contributed by atoms with Gasteiger partial charge >= 0.3 is 0 Å². The summed E-state index contributed by atoms with van der Waals surface area (Å²) in [6.07, 6.45) is 2.98. The smallest absolute Gasteiger partial charge is 0.0622 e. The molecule has 0 bridgehead atoms. The minimum Gasteiger partial charge on any atom is -0.0622 e. The van der Waals surface area contributed by atoms with Crippen LogP contribution in [0.2, 0.25) is 0 Å². The fraction of sp³-hybridized carbons (Fsp3) is 0.294. The van der Waals surface area contributed by atoms with Crippen LogP contribution >= 0.6 is 0 Å². The van der Waals surface area contributed by atoms with E-state index in [0.717, 1.165) is 25.8 Å². The van der Waals surface area contributed by atoms with Gasteiger partial charge < -0.3 is 0 Å². The van der Waals surface area contributed by atoms with Crippen LogP contribution in [0.25, 0.3) is 0 Å². The van der Waals surface area contributed by atoms with E-state index in [9.17, 15) is 0 Å². The molecule has 2 aromatic carbocycles. The van der Waals surface area contributed by atoms with Crippen molar-refractivity contribution in [1.29, 1.82) is 0 Å². The molecular formula is C17H20N3+. The van der Waals surface area contributed by atoms with Crippen LogP contribution in [-0.4, -0.2) is 13.1 Å². The van der Waals surface area contributed by atoms with Crippen molar-refractivity contribution < 1.29 is 0 Å². The average molecular weight is 266 g/mol. The molecule has 0 amide bonds. The molecule has 102 valence electrons. The van der Waals surface area contributed by atoms with E-state index in [-0.39, 0.29) is 0 Å². The highest BCUT2D eigenvalue weighted by molar-refractivity contribution is 5.15. The van der Waals surface area contributed by atoms with E-state index >= 15 is 0 Å². The summed E-state index contributed by atoms with van der Waals surface area (Å²) in [5.41, 5.74) is 2.64. The van der Waals surface area contributed by atoms with Crippen molar-refractivity contribution in [3.63, 3.8) is 0 Å². The van der Waals surface area contributed by atoms with Crippen LogP contribution in [0.4, 0.5) is 0 Å². The molecule has 2 aromatic rings. The lowest BCUT2D eigenvalue weighted by molar-refractivity contribution is 0.755. The standard InChI is InChI=1S/C17H20N3/c1-3-8-16(9-4-1)12-7-14-18-20-19-15-13-17-10-5-2-6-11-17/h1-6,8-11H,7,12-15H2/q+1. The van der Waals surface area contributed by atoms with Gasteiger partial charge in [-0.05, 0) is 30.4 Å². The topological polar surface area (TPSA) is 38.8 Å². The predicted molar refractivity (Wildman–Crippen MR) is 81.6 cm³/mol. The van der Waals surface area contributed by atoms with E-state index in [1.165, 1.54) is 11.1 Å². The first-order valence-corrected chi connectivity index (χ1v) is 7.06. The SMILES string of the molecule is c1ccc(CCCN=[N+]=NCCc2ccccc2)cc1. The number of nitrogens with zero attached hydrogens (tertiary/aromatic N) is 3. The molecule has 2 rings (SSSR count). The molecule has 0 radical (unpaired) electrons. The Kier molecular flexibility index (Phi) is 6.22. The normalized spacial score (nSPS) is 9.80. The Balaban J connectivity index is 1.60. The average Bonchev–Trinajstić information content (AvgIpc) is 2.52. The predicted octanol–water partition coefficient (Wildman–Crippen LogP) is 3.83. The van der Waals surface area contributed by atoms with Crippen molar-refractivity contribution in [2.75, 3.05) is 13.1 Å². The fourth-order valence-electron chi connectivity index (χ4n) is 1.96. The van der Waals surface area contributed by atoms with E-state index in [2.05, 4.69) is 51.5 Å². The minimum absolute atomic E-state index is 0.701. The highest BCUT2D eigenvalue weighted by atomic mass is 15.2. The van der Waals surface area contributed by atoms with Crippen LogP contribution in [0.15, 0.2) is 70.9 Å². The lowest BCUT2D eigenvalue weighted by atomic mass is 10.1. The third-order valence-electron chi connectivity index (χ3n) is 3.04. The molecule has 0 heterocycles. The zero-order valence-corrected chi connectivity index (χ0v) is 11.7. The molecule has 0 spiro atoms. The number of benzene rings is 2. The maximum Gasteiger partial charge on any atom is 0.216 e. The summed E-state index contributed by atoms with van der Waals surface area (Å²) in [7, 11) is 0. The van der Waals surface area contributed by atoms with Gasteiger partial charge in [-0.3, -0.25) is 0 Å². The third kappa shape index (κ3) is 5.59. The molecule has 0 saturated heterocycles. The van der Waals surface area contributed by atoms with Crippen molar-refractivity contribution in [1.82, 2.24) is 4.91 Å². The van der Waals surface area contributed by atoms with Gasteiger partial charge in [0, 0.05) is 0 Å². The van der Waals surface area contributed by atoms with Gasteiger partial charge in [0.2, 0.25) is 4.91 Å². The molecule has 0 fully saturated rings. The molecule has 0 N–H and O–H groups in total. The van der Waals surface area contributed by atoms with Gasteiger partial charge in [-0.15, -0.1) is 0 Å². The molecule has 0 aliphatic heterocycles. The Morgan fingerprint density at radius 1 is 0.650 bits per heavy atom. The summed E-state index contributed by atoms with van der Waals surface area (Å²) in [6, 6.07) is 20.8. The van der Waals surface area contributed by atoms with Gasteiger partial charge in [0.15, 0.2) is 0 Å². The van der Waals surface area contributed by atoms with Crippen molar-refractivity contribution in [2.24, 2.45) is 10.2 Å². The molecular weight excluding hydrogens is 246 g/mol. The first kappa shape index (κ1) is 14.2. The lowest BCUT2D eigenvalue weighted by Gasteiger charge is -1.95. The zero-order valence-electron chi connectivity index (χ0n) is 11.7. The van der Waals surface area contributed by atoms with Crippen molar-refractivity contribution in [3.8, 4) is 0 Å². The molecule has 0 aliphatic rings. The quantitative estimate of drug-likeness (QED) is 0.415. The van der Waals surface area contributed by atoms with E-state index in [4.69, 9.17) is 0 Å². The fourth-order valence-corrected chi connectivity index (χ4v) is 1.96. The summed E-state index contributed by atoms with van der Waals surface area (Å²) in [4.78, 5) is 3.87. The van der Waals surface area contributed by atoms with Crippen molar-refractivity contribution >= 4 is 0 Å². The summed E-state index contributed by atoms with van der Waals surface area (Å²) in [5, 5.41) is 8.15. The molecule has 0 unspecified atom stereocenters. The number of aryl methyl sites for hydroxylation is 1. The van der Waals surface area contributed by atoms with Crippen LogP contribution in [-0.2, 0) is 12.8 Å². The second-order valence-corrected chi connectivity index (χ2v) is 4.64. The summed E-state index contributed by atoms with van der Waals surface area (Å²) < 4.78 is 0. The van der Waals surface area contributed by atoms with Crippen LogP contribution in [0, 0.1) is 0 Å². The monoisotopic (exact) mass is 266 g/mol. The lowest BCUT2D eigenvalue weighted by Crippen LogP contribution is -1.90. The van der Waals surface area contributed by atoms with E-state index in [0.29, 0.717) is 6.54 Å². The second-order valence-electron chi connectivity index (χ2n) is 4.64. The Hall–Kier alpha value is -2.25. The molecule has 3 nitrogen and oxygen atoms in total. The Bertz CT molecular complexity index is 543. The molecule has 0 saturated carbocycles. The van der Waals surface area contributed by atoms with E-state index in [1.807, 2.05) is 24.3 Å². The van der Waals surface area contributed by atoms with Crippen LogP contribution in [0.3, 0.4) is 0 Å². The van der Waals surface area contributed by atoms with Crippen molar-refractivity contribution in [3.05, 3.63) is 71.8 Å². The molecule has 0 atom stereocenters. The van der Waals surface area contributed by atoms with Gasteiger partial charge in [-0.25, -0.2) is 0 Å². The van der Waals surface area contributed by atoms with Gasteiger partial charge in [0.25, 0.3) is 0 Å². The van der Waals surface area contributed by atoms with Crippen molar-refractivity contribution in [2.45, 2.75) is 19.3 Å². The summed E-state index contributed by atoms with van der Waals surface area (Å²) in [5.74, 6) is 0. The first-order chi connectivity index (χ1) is 9.95. The highest BCUT2D eigenvalue weighted by Gasteiger charge is 1.95. The van der Waals surface area contributed by atoms with Crippen LogP contribution < -0.4 is 4.91 Å². The second kappa shape index (κ2) is 8.78. The Morgan fingerprint density at radius 3 is 1.85 bits per heavy atom. The van der Waals surface area contributed by atoms with E-state index < -0.39 is 0 Å². The molecule has 3 heteroatoms. The number of hydrogen-bond donors (Lipinski definition) is 0. The third-order valence-corrected chi connectivity index (χ3v) is 3.04. The van der Waals surface area contributed by atoms with Gasteiger partial charge in [0.05, 0.1) is 0 Å². The van der Waals surface area contributed by atoms with E-state index in [1.54, 1.807) is 0 Å². The van der Waals surface area contributed by atoms with Crippen LogP contribution in [0.1, 0.15) is 17.5 Å². The molecule has 0 aromatic heterocycles.